The number of nitrogens with zero attached hydrogens (tertiary/aromatic N) is 1. The van der Waals surface area contributed by atoms with Crippen LogP contribution in [0.5, 0.6) is 0 Å². The quantitative estimate of drug-likeness (QED) is 0.694. The number of amides is 1. The van der Waals surface area contributed by atoms with Crippen LogP contribution in [0.25, 0.3) is 0 Å². The summed E-state index contributed by atoms with van der Waals surface area (Å²) in [5, 5.41) is 4.41. The van der Waals surface area contributed by atoms with Crippen molar-refractivity contribution in [3.05, 3.63) is 0 Å². The molecule has 0 aromatic carbocycles. The Labute approximate surface area is 95.1 Å². The highest BCUT2D eigenvalue weighted by atomic mass is 32.2. The van der Waals surface area contributed by atoms with E-state index in [1.165, 1.54) is 0 Å². The van der Waals surface area contributed by atoms with Crippen LogP contribution in [0, 0.1) is 0 Å². The first-order valence-electron chi connectivity index (χ1n) is 5.29. The molecule has 0 bridgehead atoms. The summed E-state index contributed by atoms with van der Waals surface area (Å²) in [6.45, 7) is 5.05. The molecule has 0 aromatic rings. The molecule has 0 aliphatic carbocycles. The third-order valence-electron chi connectivity index (χ3n) is 2.55. The van der Waals surface area contributed by atoms with E-state index < -0.39 is 0 Å². The Morgan fingerprint density at radius 3 is 3.00 bits per heavy atom. The molecular formula is C10H19N3OS. The summed E-state index contributed by atoms with van der Waals surface area (Å²) in [6.07, 6.45) is 2.26. The Hall–Kier alpha value is -0.710. The van der Waals surface area contributed by atoms with Crippen LogP contribution < -0.4 is 11.1 Å². The van der Waals surface area contributed by atoms with E-state index in [1.54, 1.807) is 11.8 Å². The van der Waals surface area contributed by atoms with E-state index in [0.717, 1.165) is 23.8 Å². The lowest BCUT2D eigenvalue weighted by Crippen LogP contribution is -2.39. The molecule has 4 nitrogen and oxygen atoms in total. The van der Waals surface area contributed by atoms with Gasteiger partial charge in [0.15, 0.2) is 5.17 Å². The van der Waals surface area contributed by atoms with Gasteiger partial charge in [0.1, 0.15) is 0 Å². The van der Waals surface area contributed by atoms with Gasteiger partial charge in [-0.15, -0.1) is 0 Å². The number of hydrogen-bond donors (Lipinski definition) is 2. The summed E-state index contributed by atoms with van der Waals surface area (Å²) in [5.41, 5.74) is 5.23. The van der Waals surface area contributed by atoms with Gasteiger partial charge in [0, 0.05) is 24.3 Å². The average molecular weight is 229 g/mol. The van der Waals surface area contributed by atoms with E-state index in [-0.39, 0.29) is 11.4 Å². The van der Waals surface area contributed by atoms with Crippen LogP contribution in [0.2, 0.25) is 0 Å². The Balaban J connectivity index is 2.28. The summed E-state index contributed by atoms with van der Waals surface area (Å²) >= 11 is 1.76. The van der Waals surface area contributed by atoms with Gasteiger partial charge in [-0.1, -0.05) is 18.7 Å². The number of carbonyl (C=O) groups is 1. The Morgan fingerprint density at radius 1 is 1.73 bits per heavy atom. The van der Waals surface area contributed by atoms with E-state index in [2.05, 4.69) is 24.2 Å². The molecule has 1 unspecified atom stereocenters. The van der Waals surface area contributed by atoms with Crippen LogP contribution in [-0.2, 0) is 4.79 Å². The average Bonchev–Trinajstić information content (AvgIpc) is 2.56. The number of thioether (sulfide) groups is 1. The van der Waals surface area contributed by atoms with Crippen molar-refractivity contribution in [2.45, 2.75) is 38.6 Å². The van der Waals surface area contributed by atoms with Gasteiger partial charge in [0.25, 0.3) is 0 Å². The van der Waals surface area contributed by atoms with Crippen molar-refractivity contribution in [3.63, 3.8) is 0 Å². The van der Waals surface area contributed by atoms with Gasteiger partial charge in [-0.2, -0.15) is 0 Å². The third-order valence-corrected chi connectivity index (χ3v) is 3.84. The van der Waals surface area contributed by atoms with Crippen molar-refractivity contribution in [1.29, 1.82) is 0 Å². The zero-order valence-electron chi connectivity index (χ0n) is 9.38. The summed E-state index contributed by atoms with van der Waals surface area (Å²) in [5.74, 6) is 0.818. The Bertz CT molecular complexity index is 267. The second-order valence-corrected chi connectivity index (χ2v) is 5.05. The van der Waals surface area contributed by atoms with Crippen molar-refractivity contribution in [3.8, 4) is 0 Å². The van der Waals surface area contributed by atoms with E-state index >= 15 is 0 Å². The van der Waals surface area contributed by atoms with E-state index in [9.17, 15) is 4.79 Å². The molecule has 1 saturated heterocycles. The lowest BCUT2D eigenvalue weighted by molar-refractivity contribution is -0.118. The van der Waals surface area contributed by atoms with Crippen LogP contribution in [0.15, 0.2) is 4.99 Å². The van der Waals surface area contributed by atoms with Crippen LogP contribution in [0.4, 0.5) is 0 Å². The van der Waals surface area contributed by atoms with E-state index in [4.69, 9.17) is 5.73 Å². The number of rotatable bonds is 5. The van der Waals surface area contributed by atoms with Crippen molar-refractivity contribution in [2.75, 3.05) is 12.3 Å². The fourth-order valence-electron chi connectivity index (χ4n) is 1.27. The fourth-order valence-corrected chi connectivity index (χ4v) is 2.50. The maximum atomic E-state index is 10.5. The lowest BCUT2D eigenvalue weighted by atomic mass is 10.0. The molecule has 0 radical (unpaired) electrons. The molecule has 86 valence electrons. The predicted molar refractivity (Wildman–Crippen MR) is 65.0 cm³/mol. The SMILES string of the molecule is CCC1(C)CSC(=NCCCC(N)=O)N1. The monoisotopic (exact) mass is 229 g/mol. The molecule has 1 rings (SSSR count). The van der Waals surface area contributed by atoms with E-state index in [1.807, 2.05) is 0 Å². The molecule has 15 heavy (non-hydrogen) atoms. The van der Waals surface area contributed by atoms with Gasteiger partial charge in [0.05, 0.1) is 0 Å². The van der Waals surface area contributed by atoms with Gasteiger partial charge in [-0.3, -0.25) is 9.79 Å². The number of carbonyl (C=O) groups excluding carboxylic acids is 1. The topological polar surface area (TPSA) is 67.5 Å². The fraction of sp³-hybridized carbons (Fsp3) is 0.800. The molecule has 1 atom stereocenters. The van der Waals surface area contributed by atoms with Crippen molar-refractivity contribution < 1.29 is 4.79 Å². The molecule has 1 aliphatic heterocycles. The summed E-state index contributed by atoms with van der Waals surface area (Å²) in [4.78, 5) is 14.9. The van der Waals surface area contributed by atoms with E-state index in [0.29, 0.717) is 13.0 Å². The number of nitrogens with one attached hydrogen (secondary N) is 1. The largest absolute Gasteiger partial charge is 0.370 e. The number of nitrogens with two attached hydrogens (primary N) is 1. The minimum atomic E-state index is -0.249. The number of hydrogen-bond acceptors (Lipinski definition) is 3. The maximum Gasteiger partial charge on any atom is 0.217 e. The minimum absolute atomic E-state index is 0.188. The third kappa shape index (κ3) is 4.11. The molecule has 1 aliphatic rings. The minimum Gasteiger partial charge on any atom is -0.370 e. The predicted octanol–water partition coefficient (Wildman–Crippen LogP) is 1.11. The van der Waals surface area contributed by atoms with Crippen LogP contribution in [0.3, 0.4) is 0 Å². The first kappa shape index (κ1) is 12.4. The first-order valence-corrected chi connectivity index (χ1v) is 6.28. The number of primary amides is 1. The second kappa shape index (κ2) is 5.39. The number of amidine groups is 1. The lowest BCUT2D eigenvalue weighted by Gasteiger charge is -2.20. The molecule has 1 amide bonds. The highest BCUT2D eigenvalue weighted by Crippen LogP contribution is 2.25. The van der Waals surface area contributed by atoms with Crippen LogP contribution >= 0.6 is 11.8 Å². The molecule has 0 saturated carbocycles. The van der Waals surface area contributed by atoms with Gasteiger partial charge in [-0.05, 0) is 19.8 Å². The highest BCUT2D eigenvalue weighted by molar-refractivity contribution is 8.14. The standard InChI is InChI=1S/C10H19N3OS/c1-3-10(2)7-15-9(13-10)12-6-4-5-8(11)14/h3-7H2,1-2H3,(H2,11,14)(H,12,13). The van der Waals surface area contributed by atoms with Gasteiger partial charge < -0.3 is 11.1 Å². The Morgan fingerprint density at radius 2 is 2.47 bits per heavy atom. The smallest absolute Gasteiger partial charge is 0.217 e. The first-order chi connectivity index (χ1) is 7.06. The normalized spacial score (nSPS) is 28.0. The molecule has 5 heteroatoms. The van der Waals surface area contributed by atoms with Crippen molar-refractivity contribution >= 4 is 22.8 Å². The van der Waals surface area contributed by atoms with Gasteiger partial charge in [0.2, 0.25) is 5.91 Å². The molecule has 1 fully saturated rings. The van der Waals surface area contributed by atoms with Gasteiger partial charge >= 0.3 is 0 Å². The van der Waals surface area contributed by atoms with Crippen molar-refractivity contribution in [2.24, 2.45) is 10.7 Å². The molecule has 0 spiro atoms. The highest BCUT2D eigenvalue weighted by Gasteiger charge is 2.30. The molecule has 3 N–H and O–H groups in total. The van der Waals surface area contributed by atoms with Crippen molar-refractivity contribution in [1.82, 2.24) is 5.32 Å². The second-order valence-electron chi connectivity index (χ2n) is 4.08. The molecule has 1 heterocycles. The number of aliphatic imine (C=N–C) groups is 1. The summed E-state index contributed by atoms with van der Waals surface area (Å²) < 4.78 is 0. The maximum absolute atomic E-state index is 10.5. The molecule has 0 aromatic heterocycles. The zero-order chi connectivity index (χ0) is 11.3. The molecular weight excluding hydrogens is 210 g/mol. The summed E-state index contributed by atoms with van der Waals surface area (Å²) in [6, 6.07) is 0. The summed E-state index contributed by atoms with van der Waals surface area (Å²) in [7, 11) is 0. The van der Waals surface area contributed by atoms with Crippen LogP contribution in [-0.4, -0.2) is 28.9 Å². The zero-order valence-corrected chi connectivity index (χ0v) is 10.2. The van der Waals surface area contributed by atoms with Gasteiger partial charge in [-0.25, -0.2) is 0 Å². The Kier molecular flexibility index (Phi) is 4.45. The van der Waals surface area contributed by atoms with Crippen LogP contribution in [0.1, 0.15) is 33.1 Å².